The van der Waals surface area contributed by atoms with Gasteiger partial charge >= 0.3 is 5.63 Å². The van der Waals surface area contributed by atoms with Crippen LogP contribution >= 0.6 is 0 Å². The topological polar surface area (TPSA) is 86.4 Å². The smallest absolute Gasteiger partial charge is 0.339 e. The van der Waals surface area contributed by atoms with Crippen LogP contribution in [-0.2, 0) is 11.2 Å². The fourth-order valence-electron chi connectivity index (χ4n) is 4.11. The number of benzene rings is 2. The molecule has 1 atom stereocenters. The van der Waals surface area contributed by atoms with Crippen LogP contribution in [0.1, 0.15) is 41.8 Å². The molecule has 0 aliphatic heterocycles. The first-order valence-electron chi connectivity index (χ1n) is 11.0. The van der Waals surface area contributed by atoms with E-state index in [1.165, 1.54) is 12.1 Å². The summed E-state index contributed by atoms with van der Waals surface area (Å²) in [7, 11) is 1.55. The van der Waals surface area contributed by atoms with Gasteiger partial charge in [-0.25, -0.2) is 13.9 Å². The Kier molecular flexibility index (Phi) is 6.49. The quantitative estimate of drug-likeness (QED) is 0.406. The zero-order chi connectivity index (χ0) is 24.4. The number of aryl methyl sites for hydroxylation is 1. The van der Waals surface area contributed by atoms with E-state index in [-0.39, 0.29) is 30.6 Å². The number of rotatable bonds is 7. The second-order valence-electron chi connectivity index (χ2n) is 8.22. The Labute approximate surface area is 196 Å². The number of halogens is 1. The molecule has 176 valence electrons. The molecule has 2 heterocycles. The lowest BCUT2D eigenvalue weighted by molar-refractivity contribution is -0.121. The molecule has 0 radical (unpaired) electrons. The SMILES string of the molecule is COc1ccc2c(C)c(CCC(=O)NC(C)c3cnn(-c4ccc(F)cc4)c3C)c(=O)oc2c1. The summed E-state index contributed by atoms with van der Waals surface area (Å²) in [5.74, 6) is 0.106. The number of nitrogens with zero attached hydrogens (tertiary/aromatic N) is 2. The number of nitrogens with one attached hydrogen (secondary N) is 1. The number of fused-ring (bicyclic) bond motifs is 1. The van der Waals surface area contributed by atoms with Gasteiger partial charge in [0.05, 0.1) is 25.0 Å². The number of hydrogen-bond donors (Lipinski definition) is 1. The Morgan fingerprint density at radius 3 is 2.65 bits per heavy atom. The van der Waals surface area contributed by atoms with Crippen molar-refractivity contribution in [2.75, 3.05) is 7.11 Å². The van der Waals surface area contributed by atoms with Crippen LogP contribution in [0, 0.1) is 19.7 Å². The van der Waals surface area contributed by atoms with E-state index in [1.807, 2.05) is 32.9 Å². The third kappa shape index (κ3) is 4.57. The molecule has 1 N–H and O–H groups in total. The third-order valence-electron chi connectivity index (χ3n) is 6.06. The van der Waals surface area contributed by atoms with Crippen LogP contribution in [-0.4, -0.2) is 22.8 Å². The number of ether oxygens (including phenoxy) is 1. The number of carbonyl (C=O) groups is 1. The Morgan fingerprint density at radius 1 is 1.21 bits per heavy atom. The van der Waals surface area contributed by atoms with Crippen LogP contribution in [0.15, 0.2) is 57.9 Å². The highest BCUT2D eigenvalue weighted by molar-refractivity contribution is 5.83. The number of methoxy groups -OCH3 is 1. The van der Waals surface area contributed by atoms with Crippen LogP contribution in [0.5, 0.6) is 5.75 Å². The van der Waals surface area contributed by atoms with Crippen LogP contribution in [0.4, 0.5) is 4.39 Å². The van der Waals surface area contributed by atoms with Crippen molar-refractivity contribution in [3.8, 4) is 11.4 Å². The molecule has 4 rings (SSSR count). The zero-order valence-corrected chi connectivity index (χ0v) is 19.5. The minimum Gasteiger partial charge on any atom is -0.497 e. The maximum absolute atomic E-state index is 13.2. The lowest BCUT2D eigenvalue weighted by Crippen LogP contribution is -2.27. The zero-order valence-electron chi connectivity index (χ0n) is 19.5. The van der Waals surface area contributed by atoms with E-state index >= 15 is 0 Å². The molecule has 0 spiro atoms. The van der Waals surface area contributed by atoms with Crippen LogP contribution in [0.3, 0.4) is 0 Å². The van der Waals surface area contributed by atoms with E-state index in [0.717, 1.165) is 27.9 Å². The van der Waals surface area contributed by atoms with Gasteiger partial charge in [0.15, 0.2) is 0 Å². The Bertz CT molecular complexity index is 1410. The van der Waals surface area contributed by atoms with Crippen LogP contribution in [0.2, 0.25) is 0 Å². The lowest BCUT2D eigenvalue weighted by atomic mass is 10.0. The first-order chi connectivity index (χ1) is 16.3. The summed E-state index contributed by atoms with van der Waals surface area (Å²) in [5.41, 5.74) is 3.73. The summed E-state index contributed by atoms with van der Waals surface area (Å²) in [6, 6.07) is 11.1. The molecule has 1 unspecified atom stereocenters. The lowest BCUT2D eigenvalue weighted by Gasteiger charge is -2.15. The highest BCUT2D eigenvalue weighted by atomic mass is 19.1. The predicted molar refractivity (Wildman–Crippen MR) is 127 cm³/mol. The fraction of sp³-hybridized carbons (Fsp3) is 0.269. The molecule has 4 aromatic rings. The standard InChI is InChI=1S/C26H26FN3O4/c1-15-21-10-9-20(33-4)13-24(21)34-26(32)22(15)11-12-25(31)29-16(2)23-14-28-30(17(23)3)19-7-5-18(27)6-8-19/h5-10,13-14,16H,11-12H2,1-4H3,(H,29,31). The summed E-state index contributed by atoms with van der Waals surface area (Å²) in [6.45, 7) is 5.63. The molecular formula is C26H26FN3O4. The average molecular weight is 464 g/mol. The van der Waals surface area contributed by atoms with E-state index in [4.69, 9.17) is 9.15 Å². The van der Waals surface area contributed by atoms with Crippen molar-refractivity contribution in [3.63, 3.8) is 0 Å². The van der Waals surface area contributed by atoms with Gasteiger partial charge in [0.25, 0.3) is 0 Å². The predicted octanol–water partition coefficient (Wildman–Crippen LogP) is 4.55. The molecule has 0 fully saturated rings. The van der Waals surface area contributed by atoms with Gasteiger partial charge in [0.2, 0.25) is 5.91 Å². The normalized spacial score (nSPS) is 12.0. The van der Waals surface area contributed by atoms with E-state index in [9.17, 15) is 14.0 Å². The molecule has 7 nitrogen and oxygen atoms in total. The van der Waals surface area contributed by atoms with Crippen molar-refractivity contribution in [2.45, 2.75) is 39.7 Å². The van der Waals surface area contributed by atoms with Crippen molar-refractivity contribution in [2.24, 2.45) is 0 Å². The molecule has 0 bridgehead atoms. The third-order valence-corrected chi connectivity index (χ3v) is 6.06. The van der Waals surface area contributed by atoms with Gasteiger partial charge in [-0.05, 0) is 69.2 Å². The van der Waals surface area contributed by atoms with E-state index < -0.39 is 5.63 Å². The van der Waals surface area contributed by atoms with Crippen molar-refractivity contribution in [3.05, 3.63) is 87.3 Å². The monoisotopic (exact) mass is 463 g/mol. The summed E-state index contributed by atoms with van der Waals surface area (Å²) in [4.78, 5) is 25.2. The van der Waals surface area contributed by atoms with Crippen molar-refractivity contribution < 1.29 is 18.3 Å². The largest absolute Gasteiger partial charge is 0.497 e. The van der Waals surface area contributed by atoms with Crippen LogP contribution in [0.25, 0.3) is 16.7 Å². The van der Waals surface area contributed by atoms with Crippen LogP contribution < -0.4 is 15.7 Å². The second kappa shape index (κ2) is 9.51. The van der Waals surface area contributed by atoms with Gasteiger partial charge < -0.3 is 14.5 Å². The van der Waals surface area contributed by atoms with Gasteiger partial charge in [0.1, 0.15) is 17.1 Å². The number of aromatic nitrogens is 2. The Morgan fingerprint density at radius 2 is 1.94 bits per heavy atom. The molecule has 2 aromatic heterocycles. The Balaban J connectivity index is 1.45. The molecule has 8 heteroatoms. The molecule has 2 aromatic carbocycles. The summed E-state index contributed by atoms with van der Waals surface area (Å²) >= 11 is 0. The van der Waals surface area contributed by atoms with E-state index in [1.54, 1.807) is 36.2 Å². The van der Waals surface area contributed by atoms with Gasteiger partial charge in [-0.1, -0.05) is 0 Å². The van der Waals surface area contributed by atoms with Crippen molar-refractivity contribution >= 4 is 16.9 Å². The summed E-state index contributed by atoms with van der Waals surface area (Å²) in [6.07, 6.45) is 2.10. The summed E-state index contributed by atoms with van der Waals surface area (Å²) in [5, 5.41) is 8.17. The molecular weight excluding hydrogens is 437 g/mol. The minimum atomic E-state index is -0.449. The van der Waals surface area contributed by atoms with Gasteiger partial charge in [-0.15, -0.1) is 0 Å². The Hall–Kier alpha value is -3.94. The number of carbonyl (C=O) groups excluding carboxylic acids is 1. The number of hydrogen-bond acceptors (Lipinski definition) is 5. The molecule has 1 amide bonds. The van der Waals surface area contributed by atoms with E-state index in [0.29, 0.717) is 16.9 Å². The molecule has 0 aliphatic rings. The van der Waals surface area contributed by atoms with Gasteiger partial charge in [-0.2, -0.15) is 5.10 Å². The highest BCUT2D eigenvalue weighted by Gasteiger charge is 2.18. The molecule has 0 aliphatic carbocycles. The fourth-order valence-corrected chi connectivity index (χ4v) is 4.11. The number of amides is 1. The van der Waals surface area contributed by atoms with Gasteiger partial charge in [-0.3, -0.25) is 4.79 Å². The van der Waals surface area contributed by atoms with Crippen molar-refractivity contribution in [1.29, 1.82) is 0 Å². The first-order valence-corrected chi connectivity index (χ1v) is 11.0. The molecule has 0 saturated heterocycles. The molecule has 34 heavy (non-hydrogen) atoms. The minimum absolute atomic E-state index is 0.142. The van der Waals surface area contributed by atoms with Crippen molar-refractivity contribution in [1.82, 2.24) is 15.1 Å². The van der Waals surface area contributed by atoms with E-state index in [2.05, 4.69) is 10.4 Å². The summed E-state index contributed by atoms with van der Waals surface area (Å²) < 4.78 is 25.6. The average Bonchev–Trinajstić information content (AvgIpc) is 3.20. The highest BCUT2D eigenvalue weighted by Crippen LogP contribution is 2.25. The molecule has 0 saturated carbocycles. The maximum Gasteiger partial charge on any atom is 0.339 e. The maximum atomic E-state index is 13.2. The first kappa shape index (κ1) is 23.2. The second-order valence-corrected chi connectivity index (χ2v) is 8.22. The van der Waals surface area contributed by atoms with Gasteiger partial charge in [0, 0.05) is 34.7 Å².